The summed E-state index contributed by atoms with van der Waals surface area (Å²) in [6.45, 7) is -0.0189. The number of carbonyl (C=O) groups is 4. The molecule has 2 rings (SSSR count). The van der Waals surface area contributed by atoms with Crippen molar-refractivity contribution in [1.29, 1.82) is 0 Å². The van der Waals surface area contributed by atoms with Crippen molar-refractivity contribution >= 4 is 23.8 Å². The number of carboxylic acid groups (broad SMARTS) is 1. The topological polar surface area (TPSA) is 151 Å². The zero-order chi connectivity index (χ0) is 22.6. The van der Waals surface area contributed by atoms with Crippen LogP contribution in [0, 0.1) is 0 Å². The summed E-state index contributed by atoms with van der Waals surface area (Å²) in [5.41, 5.74) is 7.59. The number of nitrogens with one attached hydrogen (secondary N) is 3. The lowest BCUT2D eigenvalue weighted by Gasteiger charge is -2.18. The molecular weight excluding hydrogens is 400 g/mol. The number of rotatable bonds is 11. The number of amides is 4. The zero-order valence-corrected chi connectivity index (χ0v) is 17.0. The van der Waals surface area contributed by atoms with E-state index in [0.29, 0.717) is 12.0 Å². The molecule has 0 saturated carbocycles. The zero-order valence-electron chi connectivity index (χ0n) is 17.0. The van der Waals surface area contributed by atoms with Gasteiger partial charge in [-0.3, -0.25) is 14.4 Å². The maximum atomic E-state index is 12.2. The Morgan fingerprint density at radius 1 is 0.871 bits per heavy atom. The van der Waals surface area contributed by atoms with Crippen molar-refractivity contribution in [3.8, 4) is 11.1 Å². The van der Waals surface area contributed by atoms with Crippen molar-refractivity contribution in [2.45, 2.75) is 25.3 Å². The van der Waals surface area contributed by atoms with Gasteiger partial charge in [0.2, 0.25) is 11.8 Å². The quantitative estimate of drug-likeness (QED) is 0.345. The molecule has 1 atom stereocenters. The summed E-state index contributed by atoms with van der Waals surface area (Å²) >= 11 is 0. The van der Waals surface area contributed by atoms with E-state index in [0.717, 1.165) is 11.1 Å². The van der Waals surface area contributed by atoms with Crippen LogP contribution in [0.3, 0.4) is 0 Å². The van der Waals surface area contributed by atoms with Gasteiger partial charge in [-0.25, -0.2) is 4.79 Å². The molecule has 0 aliphatic carbocycles. The molecule has 9 nitrogen and oxygen atoms in total. The average Bonchev–Trinajstić information content (AvgIpc) is 2.75. The SMILES string of the molecule is NC(=O)NCCCC(=O)NCC(=O)NC(CC(=O)O)c1ccc(-c2ccccc2)cc1. The lowest BCUT2D eigenvalue weighted by molar-refractivity contribution is -0.138. The summed E-state index contributed by atoms with van der Waals surface area (Å²) in [6.07, 6.45) is 0.210. The van der Waals surface area contributed by atoms with Crippen LogP contribution in [-0.2, 0) is 14.4 Å². The first kappa shape index (κ1) is 23.4. The number of nitrogens with two attached hydrogens (primary N) is 1. The van der Waals surface area contributed by atoms with E-state index in [9.17, 15) is 24.3 Å². The highest BCUT2D eigenvalue weighted by molar-refractivity contribution is 5.85. The van der Waals surface area contributed by atoms with E-state index in [1.807, 2.05) is 42.5 Å². The standard InChI is InChI=1S/C22H26N4O5/c23-22(31)24-12-4-7-19(27)25-14-20(28)26-18(13-21(29)30)17-10-8-16(9-11-17)15-5-2-1-3-6-15/h1-3,5-6,8-11,18H,4,7,12-14H2,(H,25,27)(H,26,28)(H,29,30)(H3,23,24,31). The highest BCUT2D eigenvalue weighted by atomic mass is 16.4. The first-order chi connectivity index (χ1) is 14.8. The highest BCUT2D eigenvalue weighted by Gasteiger charge is 2.18. The van der Waals surface area contributed by atoms with Crippen molar-refractivity contribution in [2.24, 2.45) is 5.73 Å². The summed E-state index contributed by atoms with van der Waals surface area (Å²) in [5.74, 6) is -1.91. The van der Waals surface area contributed by atoms with Crippen LogP contribution < -0.4 is 21.7 Å². The summed E-state index contributed by atoms with van der Waals surface area (Å²) in [6, 6.07) is 15.6. The molecule has 0 heterocycles. The molecule has 0 aliphatic heterocycles. The molecule has 1 unspecified atom stereocenters. The molecule has 0 aromatic heterocycles. The van der Waals surface area contributed by atoms with Crippen molar-refractivity contribution in [3.63, 3.8) is 0 Å². The molecule has 0 saturated heterocycles. The summed E-state index contributed by atoms with van der Waals surface area (Å²) in [5, 5.41) is 16.7. The predicted octanol–water partition coefficient (Wildman–Crippen LogP) is 1.55. The van der Waals surface area contributed by atoms with Gasteiger partial charge in [-0.05, 0) is 23.1 Å². The number of primary amides is 1. The second-order valence-corrected chi connectivity index (χ2v) is 6.88. The van der Waals surface area contributed by atoms with Crippen molar-refractivity contribution < 1.29 is 24.3 Å². The Labute approximate surface area is 180 Å². The maximum Gasteiger partial charge on any atom is 0.312 e. The third-order valence-electron chi connectivity index (χ3n) is 4.46. The van der Waals surface area contributed by atoms with Gasteiger partial charge in [-0.2, -0.15) is 0 Å². The molecule has 2 aromatic carbocycles. The van der Waals surface area contributed by atoms with Gasteiger partial charge in [-0.1, -0.05) is 54.6 Å². The fourth-order valence-electron chi connectivity index (χ4n) is 2.94. The van der Waals surface area contributed by atoms with Gasteiger partial charge in [0, 0.05) is 13.0 Å². The van der Waals surface area contributed by atoms with Crippen LogP contribution in [0.2, 0.25) is 0 Å². The van der Waals surface area contributed by atoms with Crippen LogP contribution in [0.4, 0.5) is 4.79 Å². The van der Waals surface area contributed by atoms with Crippen molar-refractivity contribution in [1.82, 2.24) is 16.0 Å². The van der Waals surface area contributed by atoms with Gasteiger partial charge in [-0.15, -0.1) is 0 Å². The fourth-order valence-corrected chi connectivity index (χ4v) is 2.94. The Balaban J connectivity index is 1.90. The van der Waals surface area contributed by atoms with Crippen LogP contribution in [0.15, 0.2) is 54.6 Å². The molecule has 31 heavy (non-hydrogen) atoms. The van der Waals surface area contributed by atoms with Crippen LogP contribution >= 0.6 is 0 Å². The second kappa shape index (κ2) is 12.0. The van der Waals surface area contributed by atoms with Crippen molar-refractivity contribution in [3.05, 3.63) is 60.2 Å². The van der Waals surface area contributed by atoms with Crippen LogP contribution in [0.1, 0.15) is 30.9 Å². The number of carbonyl (C=O) groups excluding carboxylic acids is 3. The molecule has 164 valence electrons. The van der Waals surface area contributed by atoms with E-state index in [1.165, 1.54) is 0 Å². The van der Waals surface area contributed by atoms with Gasteiger partial charge in [0.15, 0.2) is 0 Å². The van der Waals surface area contributed by atoms with E-state index in [1.54, 1.807) is 12.1 Å². The minimum Gasteiger partial charge on any atom is -0.481 e. The van der Waals surface area contributed by atoms with Gasteiger partial charge in [0.1, 0.15) is 0 Å². The molecule has 2 aromatic rings. The number of hydrogen-bond donors (Lipinski definition) is 5. The van der Waals surface area contributed by atoms with E-state index < -0.39 is 23.9 Å². The Hall–Kier alpha value is -3.88. The molecule has 4 amide bonds. The number of urea groups is 1. The Bertz CT molecular complexity index is 900. The maximum absolute atomic E-state index is 12.2. The molecule has 0 aliphatic rings. The summed E-state index contributed by atoms with van der Waals surface area (Å²) < 4.78 is 0. The molecule has 9 heteroatoms. The second-order valence-electron chi connectivity index (χ2n) is 6.88. The van der Waals surface area contributed by atoms with Gasteiger partial charge in [0.05, 0.1) is 19.0 Å². The van der Waals surface area contributed by atoms with Crippen molar-refractivity contribution in [2.75, 3.05) is 13.1 Å². The van der Waals surface area contributed by atoms with E-state index in [-0.39, 0.29) is 31.8 Å². The van der Waals surface area contributed by atoms with E-state index in [4.69, 9.17) is 5.73 Å². The molecule has 0 bridgehead atoms. The number of hydrogen-bond acceptors (Lipinski definition) is 4. The number of aliphatic carboxylic acids is 1. The summed E-state index contributed by atoms with van der Waals surface area (Å²) in [7, 11) is 0. The largest absolute Gasteiger partial charge is 0.481 e. The molecule has 0 spiro atoms. The predicted molar refractivity (Wildman–Crippen MR) is 115 cm³/mol. The number of benzene rings is 2. The van der Waals surface area contributed by atoms with Crippen LogP contribution in [0.25, 0.3) is 11.1 Å². The highest BCUT2D eigenvalue weighted by Crippen LogP contribution is 2.23. The smallest absolute Gasteiger partial charge is 0.312 e. The molecule has 6 N–H and O–H groups in total. The van der Waals surface area contributed by atoms with Gasteiger partial charge in [0.25, 0.3) is 0 Å². The first-order valence-electron chi connectivity index (χ1n) is 9.81. The fraction of sp³-hybridized carbons (Fsp3) is 0.273. The lowest BCUT2D eigenvalue weighted by atomic mass is 9.99. The monoisotopic (exact) mass is 426 g/mol. The third-order valence-corrected chi connectivity index (χ3v) is 4.46. The van der Waals surface area contributed by atoms with Crippen LogP contribution in [-0.4, -0.2) is 42.0 Å². The third kappa shape index (κ3) is 8.57. The normalized spacial score (nSPS) is 11.2. The number of carboxylic acids is 1. The Morgan fingerprint density at radius 2 is 1.52 bits per heavy atom. The van der Waals surface area contributed by atoms with E-state index >= 15 is 0 Å². The van der Waals surface area contributed by atoms with E-state index in [2.05, 4.69) is 16.0 Å². The summed E-state index contributed by atoms with van der Waals surface area (Å²) in [4.78, 5) is 45.8. The first-order valence-corrected chi connectivity index (χ1v) is 9.81. The minimum absolute atomic E-state index is 0.118. The molecule has 0 radical (unpaired) electrons. The Morgan fingerprint density at radius 3 is 2.13 bits per heavy atom. The van der Waals surface area contributed by atoms with Crippen LogP contribution in [0.5, 0.6) is 0 Å². The molecule has 0 fully saturated rings. The minimum atomic E-state index is -1.05. The lowest BCUT2D eigenvalue weighted by Crippen LogP contribution is -2.39. The average molecular weight is 426 g/mol. The Kier molecular flexibility index (Phi) is 9.03. The van der Waals surface area contributed by atoms with Gasteiger partial charge >= 0.3 is 12.0 Å². The van der Waals surface area contributed by atoms with Gasteiger partial charge < -0.3 is 26.8 Å². The molecular formula is C22H26N4O5.